The van der Waals surface area contributed by atoms with Crippen molar-refractivity contribution in [2.75, 3.05) is 20.3 Å². The van der Waals surface area contributed by atoms with E-state index in [0.29, 0.717) is 0 Å². The molecule has 0 bridgehead atoms. The zero-order valence-corrected chi connectivity index (χ0v) is 6.52. The van der Waals surface area contributed by atoms with Crippen LogP contribution in [-0.2, 0) is 0 Å². The van der Waals surface area contributed by atoms with Gasteiger partial charge < -0.3 is 5.32 Å². The Hall–Kier alpha value is -0.630. The van der Waals surface area contributed by atoms with Gasteiger partial charge in [-0.3, -0.25) is 0 Å². The van der Waals surface area contributed by atoms with Crippen molar-refractivity contribution in [1.29, 1.82) is 0 Å². The lowest BCUT2D eigenvalue weighted by Gasteiger charge is -1.97. The summed E-state index contributed by atoms with van der Waals surface area (Å²) >= 11 is 0. The Kier molecular flexibility index (Phi) is 6.08. The van der Waals surface area contributed by atoms with Gasteiger partial charge in [-0.25, -0.2) is 4.39 Å². The van der Waals surface area contributed by atoms with Gasteiger partial charge in [-0.2, -0.15) is 0 Å². The van der Waals surface area contributed by atoms with E-state index in [1.807, 2.05) is 20.0 Å². The van der Waals surface area contributed by atoms with E-state index in [-0.39, 0.29) is 6.67 Å². The standard InChI is InChI=1S/C8H14FN/c1-3-8(7-10-2)5-4-6-9/h3-5,10H,6-7H2,1-2H3/b5-4-,8-3+. The lowest BCUT2D eigenvalue weighted by atomic mass is 10.2. The molecule has 0 aliphatic carbocycles. The topological polar surface area (TPSA) is 12.0 Å². The van der Waals surface area contributed by atoms with Crippen LogP contribution in [0.4, 0.5) is 4.39 Å². The third kappa shape index (κ3) is 4.27. The van der Waals surface area contributed by atoms with E-state index >= 15 is 0 Å². The molecule has 0 amide bonds. The van der Waals surface area contributed by atoms with Gasteiger partial charge in [0.2, 0.25) is 0 Å². The number of hydrogen-bond donors (Lipinski definition) is 1. The van der Waals surface area contributed by atoms with Gasteiger partial charge in [0.25, 0.3) is 0 Å². The normalized spacial score (nSPS) is 12.9. The fourth-order valence-corrected chi connectivity index (χ4v) is 0.657. The molecular formula is C8H14FN. The van der Waals surface area contributed by atoms with Crippen molar-refractivity contribution >= 4 is 0 Å². The zero-order valence-electron chi connectivity index (χ0n) is 6.52. The highest BCUT2D eigenvalue weighted by Gasteiger charge is 1.85. The minimum atomic E-state index is -0.388. The molecule has 2 heteroatoms. The van der Waals surface area contributed by atoms with E-state index in [0.717, 1.165) is 12.1 Å². The molecule has 0 radical (unpaired) electrons. The van der Waals surface area contributed by atoms with Gasteiger partial charge in [0.1, 0.15) is 6.67 Å². The number of rotatable bonds is 4. The van der Waals surface area contributed by atoms with E-state index in [1.165, 1.54) is 6.08 Å². The van der Waals surface area contributed by atoms with Crippen LogP contribution < -0.4 is 5.32 Å². The third-order valence-corrected chi connectivity index (χ3v) is 1.17. The number of hydrogen-bond acceptors (Lipinski definition) is 1. The Balaban J connectivity index is 3.72. The summed E-state index contributed by atoms with van der Waals surface area (Å²) in [7, 11) is 1.87. The summed E-state index contributed by atoms with van der Waals surface area (Å²) in [5, 5.41) is 2.99. The molecule has 0 saturated heterocycles. The van der Waals surface area contributed by atoms with Gasteiger partial charge in [-0.15, -0.1) is 0 Å². The van der Waals surface area contributed by atoms with Crippen molar-refractivity contribution < 1.29 is 4.39 Å². The fraction of sp³-hybridized carbons (Fsp3) is 0.500. The number of allylic oxidation sites excluding steroid dienone is 2. The summed E-state index contributed by atoms with van der Waals surface area (Å²) in [5.74, 6) is 0. The highest BCUT2D eigenvalue weighted by molar-refractivity contribution is 5.19. The Bertz CT molecular complexity index is 127. The highest BCUT2D eigenvalue weighted by atomic mass is 19.1. The summed E-state index contributed by atoms with van der Waals surface area (Å²) < 4.78 is 11.6. The molecule has 0 aliphatic rings. The molecule has 0 aromatic carbocycles. The third-order valence-electron chi connectivity index (χ3n) is 1.17. The number of nitrogens with one attached hydrogen (secondary N) is 1. The Morgan fingerprint density at radius 3 is 2.70 bits per heavy atom. The lowest BCUT2D eigenvalue weighted by Crippen LogP contribution is -2.08. The molecule has 58 valence electrons. The van der Waals surface area contributed by atoms with Crippen LogP contribution in [0.2, 0.25) is 0 Å². The smallest absolute Gasteiger partial charge is 0.108 e. The Morgan fingerprint density at radius 1 is 1.60 bits per heavy atom. The molecule has 0 aromatic heterocycles. The van der Waals surface area contributed by atoms with Crippen molar-refractivity contribution in [3.8, 4) is 0 Å². The monoisotopic (exact) mass is 143 g/mol. The largest absolute Gasteiger partial charge is 0.316 e. The summed E-state index contributed by atoms with van der Waals surface area (Å²) in [6.07, 6.45) is 5.26. The molecule has 0 saturated carbocycles. The predicted molar refractivity (Wildman–Crippen MR) is 42.8 cm³/mol. The number of halogens is 1. The minimum Gasteiger partial charge on any atom is -0.316 e. The van der Waals surface area contributed by atoms with Crippen molar-refractivity contribution in [3.05, 3.63) is 23.8 Å². The summed E-state index contributed by atoms with van der Waals surface area (Å²) in [6.45, 7) is 2.35. The molecule has 0 aliphatic heterocycles. The Labute approximate surface area is 61.6 Å². The van der Waals surface area contributed by atoms with Crippen LogP contribution in [0.1, 0.15) is 6.92 Å². The second kappa shape index (κ2) is 6.49. The first-order valence-electron chi connectivity index (χ1n) is 3.37. The molecule has 1 nitrogen and oxygen atoms in total. The van der Waals surface area contributed by atoms with Crippen LogP contribution in [0.25, 0.3) is 0 Å². The maximum Gasteiger partial charge on any atom is 0.108 e. The molecule has 0 fully saturated rings. The molecule has 0 spiro atoms. The van der Waals surface area contributed by atoms with Gasteiger partial charge >= 0.3 is 0 Å². The average Bonchev–Trinajstić information content (AvgIpc) is 1.98. The summed E-state index contributed by atoms with van der Waals surface area (Å²) in [6, 6.07) is 0. The van der Waals surface area contributed by atoms with E-state index in [1.54, 1.807) is 6.08 Å². The molecule has 0 rings (SSSR count). The van der Waals surface area contributed by atoms with Crippen molar-refractivity contribution in [1.82, 2.24) is 5.32 Å². The maximum atomic E-state index is 11.6. The summed E-state index contributed by atoms with van der Waals surface area (Å²) in [5.41, 5.74) is 1.11. The second-order valence-corrected chi connectivity index (χ2v) is 1.95. The molecule has 10 heavy (non-hydrogen) atoms. The van der Waals surface area contributed by atoms with E-state index in [2.05, 4.69) is 5.32 Å². The summed E-state index contributed by atoms with van der Waals surface area (Å²) in [4.78, 5) is 0. The van der Waals surface area contributed by atoms with Gasteiger partial charge in [-0.1, -0.05) is 18.2 Å². The van der Waals surface area contributed by atoms with Gasteiger partial charge in [-0.05, 0) is 19.5 Å². The first-order valence-corrected chi connectivity index (χ1v) is 3.37. The van der Waals surface area contributed by atoms with E-state index < -0.39 is 0 Å². The number of likely N-dealkylation sites (N-methyl/N-ethyl adjacent to an activating group) is 1. The van der Waals surface area contributed by atoms with Crippen LogP contribution in [0, 0.1) is 0 Å². The zero-order chi connectivity index (χ0) is 7.82. The first kappa shape index (κ1) is 9.37. The SMILES string of the molecule is C/C=C(\C=C/CF)CNC. The number of alkyl halides is 1. The van der Waals surface area contributed by atoms with E-state index in [9.17, 15) is 4.39 Å². The van der Waals surface area contributed by atoms with Gasteiger partial charge in [0.15, 0.2) is 0 Å². The molecule has 1 N–H and O–H groups in total. The van der Waals surface area contributed by atoms with Crippen molar-refractivity contribution in [2.45, 2.75) is 6.92 Å². The fourth-order valence-electron chi connectivity index (χ4n) is 0.657. The predicted octanol–water partition coefficient (Wildman–Crippen LogP) is 1.68. The maximum absolute atomic E-state index is 11.6. The van der Waals surface area contributed by atoms with Crippen LogP contribution in [0.15, 0.2) is 23.8 Å². The van der Waals surface area contributed by atoms with Crippen LogP contribution in [0.5, 0.6) is 0 Å². The van der Waals surface area contributed by atoms with Gasteiger partial charge in [0.05, 0.1) is 0 Å². The second-order valence-electron chi connectivity index (χ2n) is 1.95. The molecule has 0 heterocycles. The average molecular weight is 143 g/mol. The first-order chi connectivity index (χ1) is 4.85. The van der Waals surface area contributed by atoms with E-state index in [4.69, 9.17) is 0 Å². The minimum absolute atomic E-state index is 0.388. The molecular weight excluding hydrogens is 129 g/mol. The lowest BCUT2D eigenvalue weighted by molar-refractivity contribution is 0.561. The van der Waals surface area contributed by atoms with Crippen molar-refractivity contribution in [2.24, 2.45) is 0 Å². The molecule has 0 aromatic rings. The molecule has 0 atom stereocenters. The van der Waals surface area contributed by atoms with Crippen molar-refractivity contribution in [3.63, 3.8) is 0 Å². The van der Waals surface area contributed by atoms with Crippen LogP contribution in [-0.4, -0.2) is 20.3 Å². The quantitative estimate of drug-likeness (QED) is 0.590. The molecule has 0 unspecified atom stereocenters. The Morgan fingerprint density at radius 2 is 2.30 bits per heavy atom. The van der Waals surface area contributed by atoms with Gasteiger partial charge in [0, 0.05) is 6.54 Å². The van der Waals surface area contributed by atoms with Crippen LogP contribution >= 0.6 is 0 Å². The highest BCUT2D eigenvalue weighted by Crippen LogP contribution is 1.93. The van der Waals surface area contributed by atoms with Crippen LogP contribution in [0.3, 0.4) is 0 Å².